The van der Waals surface area contributed by atoms with E-state index in [1.165, 1.54) is 5.56 Å². The zero-order chi connectivity index (χ0) is 20.8. The summed E-state index contributed by atoms with van der Waals surface area (Å²) in [5, 5.41) is 6.25. The smallest absolute Gasteiger partial charge is 0.246 e. The van der Waals surface area contributed by atoms with E-state index in [9.17, 15) is 4.79 Å². The maximum absolute atomic E-state index is 12.6. The Morgan fingerprint density at radius 3 is 2.10 bits per heavy atom. The molecule has 30 heavy (non-hydrogen) atoms. The van der Waals surface area contributed by atoms with Crippen LogP contribution in [0.15, 0.2) is 78.9 Å². The quantitative estimate of drug-likeness (QED) is 0.632. The van der Waals surface area contributed by atoms with Gasteiger partial charge in [0.2, 0.25) is 5.91 Å². The second-order valence-electron chi connectivity index (χ2n) is 7.44. The summed E-state index contributed by atoms with van der Waals surface area (Å²) in [4.78, 5) is 14.9. The molecule has 1 fully saturated rings. The Morgan fingerprint density at radius 2 is 1.43 bits per heavy atom. The Morgan fingerprint density at radius 1 is 0.833 bits per heavy atom. The molecule has 3 aromatic rings. The Labute approximate surface area is 177 Å². The normalized spacial score (nSPS) is 14.8. The predicted octanol–water partition coefficient (Wildman–Crippen LogP) is 4.63. The van der Waals surface area contributed by atoms with Gasteiger partial charge in [-0.2, -0.15) is 0 Å². The van der Waals surface area contributed by atoms with Gasteiger partial charge in [0.15, 0.2) is 0 Å². The van der Waals surface area contributed by atoms with Crippen molar-refractivity contribution < 1.29 is 9.53 Å². The number of nitrogens with zero attached hydrogens (tertiary/aromatic N) is 1. The molecule has 0 radical (unpaired) electrons. The monoisotopic (exact) mass is 401 g/mol. The number of nitrogens with one attached hydrogen (secondary N) is 2. The molecule has 1 amide bonds. The van der Waals surface area contributed by atoms with Gasteiger partial charge in [-0.25, -0.2) is 0 Å². The number of anilines is 3. The number of hydrogen-bond donors (Lipinski definition) is 2. The third-order valence-corrected chi connectivity index (χ3v) is 5.28. The third-order valence-electron chi connectivity index (χ3n) is 5.28. The lowest BCUT2D eigenvalue weighted by Gasteiger charge is -2.29. The van der Waals surface area contributed by atoms with Gasteiger partial charge in [-0.15, -0.1) is 0 Å². The summed E-state index contributed by atoms with van der Waals surface area (Å²) in [7, 11) is 0. The topological polar surface area (TPSA) is 53.6 Å². The van der Waals surface area contributed by atoms with Crippen LogP contribution in [0.25, 0.3) is 11.1 Å². The van der Waals surface area contributed by atoms with Gasteiger partial charge < -0.3 is 20.3 Å². The average Bonchev–Trinajstić information content (AvgIpc) is 2.81. The van der Waals surface area contributed by atoms with Crippen molar-refractivity contribution in [3.8, 4) is 11.1 Å². The second-order valence-corrected chi connectivity index (χ2v) is 7.44. The predicted molar refractivity (Wildman–Crippen MR) is 123 cm³/mol. The van der Waals surface area contributed by atoms with Crippen molar-refractivity contribution in [2.24, 2.45) is 0 Å². The van der Waals surface area contributed by atoms with E-state index >= 15 is 0 Å². The molecule has 5 heteroatoms. The van der Waals surface area contributed by atoms with E-state index in [0.29, 0.717) is 0 Å². The van der Waals surface area contributed by atoms with E-state index in [2.05, 4.69) is 39.8 Å². The standard InChI is InChI=1S/C25H27N3O2/c1-19(26-22-9-7-21(8-10-22)20-5-3-2-4-6-20)25(29)27-23-11-13-24(14-12-23)28-15-17-30-18-16-28/h2-14,19,26H,15-18H2,1H3,(H,27,29). The summed E-state index contributed by atoms with van der Waals surface area (Å²) < 4.78 is 5.40. The van der Waals surface area contributed by atoms with Crippen LogP contribution in [0.2, 0.25) is 0 Å². The molecular weight excluding hydrogens is 374 g/mol. The van der Waals surface area contributed by atoms with E-state index < -0.39 is 0 Å². The molecule has 3 aromatic carbocycles. The van der Waals surface area contributed by atoms with Gasteiger partial charge in [0.25, 0.3) is 0 Å². The first-order valence-corrected chi connectivity index (χ1v) is 10.3. The second kappa shape index (κ2) is 9.46. The summed E-state index contributed by atoms with van der Waals surface area (Å²) in [5.41, 5.74) is 5.19. The van der Waals surface area contributed by atoms with Crippen molar-refractivity contribution in [1.29, 1.82) is 0 Å². The largest absolute Gasteiger partial charge is 0.378 e. The minimum atomic E-state index is -0.355. The molecular formula is C25H27N3O2. The Kier molecular flexibility index (Phi) is 6.30. The lowest BCUT2D eigenvalue weighted by molar-refractivity contribution is -0.116. The van der Waals surface area contributed by atoms with Crippen LogP contribution in [0.3, 0.4) is 0 Å². The van der Waals surface area contributed by atoms with Crippen molar-refractivity contribution in [2.75, 3.05) is 41.8 Å². The number of amides is 1. The molecule has 0 bridgehead atoms. The van der Waals surface area contributed by atoms with E-state index in [4.69, 9.17) is 4.74 Å². The number of ether oxygens (including phenoxy) is 1. The van der Waals surface area contributed by atoms with Gasteiger partial charge in [-0.3, -0.25) is 4.79 Å². The molecule has 2 N–H and O–H groups in total. The third kappa shape index (κ3) is 4.99. The maximum Gasteiger partial charge on any atom is 0.246 e. The molecule has 1 saturated heterocycles. The number of carbonyl (C=O) groups excluding carboxylic acids is 1. The van der Waals surface area contributed by atoms with Gasteiger partial charge in [0, 0.05) is 30.2 Å². The number of carbonyl (C=O) groups is 1. The van der Waals surface area contributed by atoms with Crippen LogP contribution < -0.4 is 15.5 Å². The summed E-state index contributed by atoms with van der Waals surface area (Å²) >= 11 is 0. The Bertz CT molecular complexity index is 950. The SMILES string of the molecule is CC(Nc1ccc(-c2ccccc2)cc1)C(=O)Nc1ccc(N2CCOCC2)cc1. The van der Waals surface area contributed by atoms with Crippen LogP contribution in [-0.2, 0) is 9.53 Å². The van der Waals surface area contributed by atoms with Crippen molar-refractivity contribution in [2.45, 2.75) is 13.0 Å². The first-order valence-electron chi connectivity index (χ1n) is 10.3. The molecule has 0 saturated carbocycles. The fourth-order valence-corrected chi connectivity index (χ4v) is 3.53. The molecule has 0 aromatic heterocycles. The minimum absolute atomic E-state index is 0.0683. The van der Waals surface area contributed by atoms with Gasteiger partial charge in [0.05, 0.1) is 13.2 Å². The van der Waals surface area contributed by atoms with Crippen LogP contribution in [0.1, 0.15) is 6.92 Å². The van der Waals surface area contributed by atoms with Crippen LogP contribution in [0, 0.1) is 0 Å². The zero-order valence-corrected chi connectivity index (χ0v) is 17.2. The highest BCUT2D eigenvalue weighted by Crippen LogP contribution is 2.22. The van der Waals surface area contributed by atoms with E-state index in [0.717, 1.165) is 48.9 Å². The zero-order valence-electron chi connectivity index (χ0n) is 17.2. The minimum Gasteiger partial charge on any atom is -0.378 e. The molecule has 0 aliphatic carbocycles. The number of rotatable bonds is 6. The first kappa shape index (κ1) is 20.0. The maximum atomic E-state index is 12.6. The molecule has 1 aliphatic heterocycles. The number of benzene rings is 3. The fourth-order valence-electron chi connectivity index (χ4n) is 3.53. The molecule has 154 valence electrons. The number of hydrogen-bond acceptors (Lipinski definition) is 4. The summed E-state index contributed by atoms with van der Waals surface area (Å²) in [6, 6.07) is 26.0. The van der Waals surface area contributed by atoms with Crippen molar-refractivity contribution >= 4 is 23.0 Å². The van der Waals surface area contributed by atoms with Crippen molar-refractivity contribution in [1.82, 2.24) is 0 Å². The molecule has 5 nitrogen and oxygen atoms in total. The summed E-state index contributed by atoms with van der Waals surface area (Å²) in [5.74, 6) is -0.0683. The van der Waals surface area contributed by atoms with Crippen LogP contribution in [-0.4, -0.2) is 38.3 Å². The van der Waals surface area contributed by atoms with Gasteiger partial charge in [-0.05, 0) is 54.4 Å². The molecule has 0 spiro atoms. The summed E-state index contributed by atoms with van der Waals surface area (Å²) in [6.45, 7) is 5.18. The van der Waals surface area contributed by atoms with E-state index in [1.54, 1.807) is 0 Å². The molecule has 1 atom stereocenters. The molecule has 4 rings (SSSR count). The highest BCUT2D eigenvalue weighted by Gasteiger charge is 2.14. The summed E-state index contributed by atoms with van der Waals surface area (Å²) in [6.07, 6.45) is 0. The van der Waals surface area contributed by atoms with Crippen LogP contribution >= 0.6 is 0 Å². The Hall–Kier alpha value is -3.31. The van der Waals surface area contributed by atoms with Crippen LogP contribution in [0.4, 0.5) is 17.1 Å². The first-order chi connectivity index (χ1) is 14.7. The van der Waals surface area contributed by atoms with Gasteiger partial charge in [0.1, 0.15) is 6.04 Å². The van der Waals surface area contributed by atoms with Crippen LogP contribution in [0.5, 0.6) is 0 Å². The average molecular weight is 402 g/mol. The lowest BCUT2D eigenvalue weighted by Crippen LogP contribution is -2.36. The van der Waals surface area contributed by atoms with E-state index in [1.807, 2.05) is 61.5 Å². The highest BCUT2D eigenvalue weighted by atomic mass is 16.5. The molecule has 1 unspecified atom stereocenters. The Balaban J connectivity index is 1.32. The van der Waals surface area contributed by atoms with Crippen molar-refractivity contribution in [3.63, 3.8) is 0 Å². The van der Waals surface area contributed by atoms with Crippen molar-refractivity contribution in [3.05, 3.63) is 78.9 Å². The van der Waals surface area contributed by atoms with E-state index in [-0.39, 0.29) is 11.9 Å². The molecule has 1 heterocycles. The fraction of sp³-hybridized carbons (Fsp3) is 0.240. The molecule has 1 aliphatic rings. The highest BCUT2D eigenvalue weighted by molar-refractivity contribution is 5.96. The van der Waals surface area contributed by atoms with Gasteiger partial charge in [-0.1, -0.05) is 42.5 Å². The number of morpholine rings is 1. The lowest BCUT2D eigenvalue weighted by atomic mass is 10.1. The van der Waals surface area contributed by atoms with Gasteiger partial charge >= 0.3 is 0 Å².